The molecule has 0 aliphatic carbocycles. The molecule has 3 N–H and O–H groups in total. The quantitative estimate of drug-likeness (QED) is 0.494. The van der Waals surface area contributed by atoms with Crippen molar-refractivity contribution in [1.29, 1.82) is 0 Å². The molecular weight excluding hydrogens is 268 g/mol. The highest BCUT2D eigenvalue weighted by molar-refractivity contribution is 5.95. The Morgan fingerprint density at radius 3 is 2.81 bits per heavy atom. The van der Waals surface area contributed by atoms with Gasteiger partial charge in [-0.15, -0.1) is 0 Å². The Balaban J connectivity index is 1.86. The normalized spacial score (nSPS) is 11.0. The first-order chi connectivity index (χ1) is 10.1. The number of rotatable bonds is 5. The number of carbonyl (C=O) groups excluding carboxylic acids is 1. The summed E-state index contributed by atoms with van der Waals surface area (Å²) in [4.78, 5) is 15.6. The third-order valence-corrected chi connectivity index (χ3v) is 2.62. The minimum absolute atomic E-state index is 0.0973. The molecule has 0 aliphatic rings. The average Bonchev–Trinajstić information content (AvgIpc) is 2.51. The van der Waals surface area contributed by atoms with Crippen LogP contribution < -0.4 is 15.9 Å². The van der Waals surface area contributed by atoms with Gasteiger partial charge in [0.05, 0.1) is 0 Å². The second-order valence-corrected chi connectivity index (χ2v) is 4.39. The molecule has 0 saturated carbocycles. The van der Waals surface area contributed by atoms with Gasteiger partial charge in [0.2, 0.25) is 0 Å². The Kier molecular flexibility index (Phi) is 4.87. The Morgan fingerprint density at radius 1 is 1.33 bits per heavy atom. The number of carbonyl (C=O) groups is 1. The lowest BCUT2D eigenvalue weighted by atomic mass is 10.2. The number of benzene rings is 1. The molecule has 0 bridgehead atoms. The molecule has 1 aromatic carbocycles. The summed E-state index contributed by atoms with van der Waals surface area (Å²) < 4.78 is 5.47. The van der Waals surface area contributed by atoms with Gasteiger partial charge in [-0.1, -0.05) is 12.1 Å². The van der Waals surface area contributed by atoms with Crippen molar-refractivity contribution in [2.24, 2.45) is 10.8 Å². The van der Waals surface area contributed by atoms with Crippen LogP contribution >= 0.6 is 0 Å². The van der Waals surface area contributed by atoms with Gasteiger partial charge >= 0.3 is 0 Å². The van der Waals surface area contributed by atoms with E-state index in [4.69, 9.17) is 10.5 Å². The van der Waals surface area contributed by atoms with E-state index in [1.54, 1.807) is 12.1 Å². The minimum atomic E-state index is -0.351. The van der Waals surface area contributed by atoms with Crippen molar-refractivity contribution in [3.8, 4) is 5.75 Å². The van der Waals surface area contributed by atoms with Crippen LogP contribution in [0.2, 0.25) is 0 Å². The third-order valence-electron chi connectivity index (χ3n) is 2.62. The minimum Gasteiger partial charge on any atom is -0.486 e. The van der Waals surface area contributed by atoms with E-state index < -0.39 is 0 Å². The van der Waals surface area contributed by atoms with Crippen LogP contribution in [0.5, 0.6) is 5.75 Å². The maximum atomic E-state index is 11.7. The van der Waals surface area contributed by atoms with Crippen molar-refractivity contribution in [3.05, 3.63) is 59.9 Å². The molecule has 0 radical (unpaired) electrons. The largest absolute Gasteiger partial charge is 0.486 e. The van der Waals surface area contributed by atoms with Crippen molar-refractivity contribution < 1.29 is 9.53 Å². The van der Waals surface area contributed by atoms with Crippen LogP contribution in [0.15, 0.2) is 53.9 Å². The molecule has 6 heteroatoms. The molecule has 0 fully saturated rings. The molecule has 21 heavy (non-hydrogen) atoms. The predicted molar refractivity (Wildman–Crippen MR) is 80.0 cm³/mol. The maximum Gasteiger partial charge on any atom is 0.271 e. The van der Waals surface area contributed by atoms with E-state index in [0.717, 1.165) is 5.56 Å². The molecular formula is C15H16N4O2. The topological polar surface area (TPSA) is 89.6 Å². The number of hydrogen-bond donors (Lipinski definition) is 2. The van der Waals surface area contributed by atoms with Gasteiger partial charge in [-0.2, -0.15) is 5.10 Å². The maximum absolute atomic E-state index is 11.7. The van der Waals surface area contributed by atoms with Crippen molar-refractivity contribution >= 4 is 11.7 Å². The van der Waals surface area contributed by atoms with Gasteiger partial charge in [-0.25, -0.2) is 5.43 Å². The molecule has 6 nitrogen and oxygen atoms in total. The molecule has 1 aromatic heterocycles. The first-order valence-electron chi connectivity index (χ1n) is 6.37. The van der Waals surface area contributed by atoms with E-state index in [9.17, 15) is 4.79 Å². The fourth-order valence-electron chi connectivity index (χ4n) is 1.59. The number of amides is 1. The van der Waals surface area contributed by atoms with Gasteiger partial charge in [0.25, 0.3) is 5.91 Å². The summed E-state index contributed by atoms with van der Waals surface area (Å²) in [5, 5.41) is 3.79. The number of nitrogens with two attached hydrogens (primary N) is 1. The van der Waals surface area contributed by atoms with Crippen LogP contribution in [0.4, 0.5) is 0 Å². The van der Waals surface area contributed by atoms with Gasteiger partial charge in [0.15, 0.2) is 5.84 Å². The summed E-state index contributed by atoms with van der Waals surface area (Å²) in [6.07, 6.45) is 3.06. The number of amidine groups is 1. The second kappa shape index (κ2) is 7.04. The molecule has 2 rings (SSSR count). The van der Waals surface area contributed by atoms with E-state index >= 15 is 0 Å². The molecule has 0 unspecified atom stereocenters. The summed E-state index contributed by atoms with van der Waals surface area (Å²) >= 11 is 0. The summed E-state index contributed by atoms with van der Waals surface area (Å²) in [6.45, 7) is 2.07. The molecule has 108 valence electrons. The summed E-state index contributed by atoms with van der Waals surface area (Å²) in [5.41, 5.74) is 9.60. The van der Waals surface area contributed by atoms with Crippen LogP contribution in [-0.4, -0.2) is 23.3 Å². The van der Waals surface area contributed by atoms with Crippen LogP contribution in [0, 0.1) is 6.92 Å². The van der Waals surface area contributed by atoms with Crippen LogP contribution in [-0.2, 0) is 0 Å². The fraction of sp³-hybridized carbons (Fsp3) is 0.133. The summed E-state index contributed by atoms with van der Waals surface area (Å²) in [6, 6.07) is 10.8. The molecule has 0 spiro atoms. The lowest BCUT2D eigenvalue weighted by Crippen LogP contribution is -2.27. The summed E-state index contributed by atoms with van der Waals surface area (Å²) in [7, 11) is 0. The zero-order valence-corrected chi connectivity index (χ0v) is 11.6. The van der Waals surface area contributed by atoms with Gasteiger partial charge in [0, 0.05) is 18.0 Å². The average molecular weight is 284 g/mol. The first-order valence-corrected chi connectivity index (χ1v) is 6.37. The fourth-order valence-corrected chi connectivity index (χ4v) is 1.59. The van der Waals surface area contributed by atoms with Crippen LogP contribution in [0.25, 0.3) is 0 Å². The van der Waals surface area contributed by atoms with Gasteiger partial charge < -0.3 is 10.5 Å². The molecule has 0 aliphatic heterocycles. The van der Waals surface area contributed by atoms with Crippen molar-refractivity contribution in [1.82, 2.24) is 10.4 Å². The molecule has 1 heterocycles. The first kappa shape index (κ1) is 14.5. The highest BCUT2D eigenvalue weighted by Gasteiger charge is 2.03. The van der Waals surface area contributed by atoms with Crippen molar-refractivity contribution in [2.45, 2.75) is 6.92 Å². The predicted octanol–water partition coefficient (Wildman–Crippen LogP) is 1.47. The highest BCUT2D eigenvalue weighted by Crippen LogP contribution is 2.11. The van der Waals surface area contributed by atoms with Crippen LogP contribution in [0.3, 0.4) is 0 Å². The smallest absolute Gasteiger partial charge is 0.271 e. The molecule has 2 aromatic rings. The van der Waals surface area contributed by atoms with Crippen molar-refractivity contribution in [2.75, 3.05) is 6.61 Å². The Labute approximate surface area is 122 Å². The van der Waals surface area contributed by atoms with Crippen LogP contribution in [0.1, 0.15) is 15.9 Å². The van der Waals surface area contributed by atoms with E-state index in [1.807, 2.05) is 31.2 Å². The van der Waals surface area contributed by atoms with Gasteiger partial charge in [-0.3, -0.25) is 9.78 Å². The number of ether oxygens (including phenoxy) is 1. The Hall–Kier alpha value is -2.89. The number of aromatic nitrogens is 1. The zero-order chi connectivity index (χ0) is 15.1. The molecule has 0 saturated heterocycles. The van der Waals surface area contributed by atoms with E-state index in [-0.39, 0.29) is 18.3 Å². The number of aryl methyl sites for hydroxylation is 1. The third kappa shape index (κ3) is 4.61. The van der Waals surface area contributed by atoms with Crippen molar-refractivity contribution in [3.63, 3.8) is 0 Å². The highest BCUT2D eigenvalue weighted by atomic mass is 16.5. The summed E-state index contributed by atoms with van der Waals surface area (Å²) in [5.74, 6) is 0.531. The number of hydrazone groups is 1. The van der Waals surface area contributed by atoms with E-state index in [0.29, 0.717) is 11.3 Å². The Morgan fingerprint density at radius 2 is 2.10 bits per heavy atom. The van der Waals surface area contributed by atoms with E-state index in [2.05, 4.69) is 15.5 Å². The lowest BCUT2D eigenvalue weighted by molar-refractivity contribution is 0.0954. The molecule has 0 atom stereocenters. The van der Waals surface area contributed by atoms with Gasteiger partial charge in [0.1, 0.15) is 12.4 Å². The number of pyridine rings is 1. The lowest BCUT2D eigenvalue weighted by Gasteiger charge is -2.06. The van der Waals surface area contributed by atoms with Gasteiger partial charge in [-0.05, 0) is 36.8 Å². The number of nitrogens with one attached hydrogen (secondary N) is 1. The Bertz CT molecular complexity index is 641. The molecule has 1 amide bonds. The second-order valence-electron chi connectivity index (χ2n) is 4.39. The zero-order valence-electron chi connectivity index (χ0n) is 11.6. The SMILES string of the molecule is Cc1cccc(OC/C(N)=N\NC(=O)c2ccncc2)c1. The standard InChI is InChI=1S/C15H16N4O2/c1-11-3-2-4-13(9-11)21-10-14(16)18-19-15(20)12-5-7-17-8-6-12/h2-9H,10H2,1H3,(H2,16,18)(H,19,20). The van der Waals surface area contributed by atoms with E-state index in [1.165, 1.54) is 12.4 Å². The number of nitrogens with zero attached hydrogens (tertiary/aromatic N) is 2. The monoisotopic (exact) mass is 284 g/mol. The number of hydrogen-bond acceptors (Lipinski definition) is 4.